The van der Waals surface area contributed by atoms with Crippen molar-refractivity contribution in [2.24, 2.45) is 0 Å². The van der Waals surface area contributed by atoms with Crippen LogP contribution in [0.2, 0.25) is 0 Å². The van der Waals surface area contributed by atoms with Gasteiger partial charge >= 0.3 is 0 Å². The highest BCUT2D eigenvalue weighted by Gasteiger charge is 2.36. The fourth-order valence-corrected chi connectivity index (χ4v) is 3.26. The topological polar surface area (TPSA) is 86.8 Å². The number of carbonyl (C=O) groups excluding carboxylic acids is 4. The van der Waals surface area contributed by atoms with Gasteiger partial charge in [-0.15, -0.1) is 0 Å². The molecule has 3 rings (SSSR count). The first-order chi connectivity index (χ1) is 12.0. The van der Waals surface area contributed by atoms with Crippen LogP contribution in [0.1, 0.15) is 46.9 Å². The maximum absolute atomic E-state index is 12.3. The Bertz CT molecular complexity index is 690. The van der Waals surface area contributed by atoms with Crippen LogP contribution in [0.4, 0.5) is 0 Å². The Hall–Kier alpha value is -2.70. The average molecular weight is 343 g/mol. The molecule has 25 heavy (non-hydrogen) atoms. The number of rotatable bonds is 4. The number of likely N-dealkylation sites (tertiary alicyclic amines) is 1. The summed E-state index contributed by atoms with van der Waals surface area (Å²) in [6.07, 6.45) is 3.06. The maximum atomic E-state index is 12.3. The molecule has 0 unspecified atom stereocenters. The Morgan fingerprint density at radius 2 is 1.60 bits per heavy atom. The van der Waals surface area contributed by atoms with Gasteiger partial charge in [0.05, 0.1) is 11.1 Å². The van der Waals surface area contributed by atoms with E-state index in [1.165, 1.54) is 0 Å². The highest BCUT2D eigenvalue weighted by Crippen LogP contribution is 2.21. The number of fused-ring (bicyclic) bond motifs is 1. The average Bonchev–Trinajstić information content (AvgIpc) is 2.87. The molecule has 0 spiro atoms. The van der Waals surface area contributed by atoms with Crippen molar-refractivity contribution in [1.82, 2.24) is 15.1 Å². The molecule has 2 aliphatic heterocycles. The second-order valence-corrected chi connectivity index (χ2v) is 6.42. The molecule has 0 bridgehead atoms. The van der Waals surface area contributed by atoms with Crippen molar-refractivity contribution in [3.05, 3.63) is 35.4 Å². The van der Waals surface area contributed by atoms with Crippen LogP contribution in [0.25, 0.3) is 0 Å². The summed E-state index contributed by atoms with van der Waals surface area (Å²) < 4.78 is 0. The van der Waals surface area contributed by atoms with Gasteiger partial charge in [0.1, 0.15) is 12.6 Å². The highest BCUT2D eigenvalue weighted by molar-refractivity contribution is 6.22. The molecular formula is C18H21N3O4. The number of imide groups is 1. The third-order valence-electron chi connectivity index (χ3n) is 4.60. The van der Waals surface area contributed by atoms with Gasteiger partial charge in [-0.2, -0.15) is 0 Å². The Morgan fingerprint density at radius 1 is 1.04 bits per heavy atom. The Morgan fingerprint density at radius 3 is 2.16 bits per heavy atom. The van der Waals surface area contributed by atoms with Gasteiger partial charge in [-0.25, -0.2) is 0 Å². The van der Waals surface area contributed by atoms with E-state index in [2.05, 4.69) is 5.32 Å². The van der Waals surface area contributed by atoms with Gasteiger partial charge in [0, 0.05) is 13.1 Å². The Kier molecular flexibility index (Phi) is 4.83. The number of hydrogen-bond donors (Lipinski definition) is 1. The van der Waals surface area contributed by atoms with Gasteiger partial charge in [0.2, 0.25) is 11.8 Å². The maximum Gasteiger partial charge on any atom is 0.262 e. The van der Waals surface area contributed by atoms with Crippen LogP contribution in [-0.4, -0.2) is 59.1 Å². The predicted octanol–water partition coefficient (Wildman–Crippen LogP) is 0.800. The zero-order chi connectivity index (χ0) is 18.0. The standard InChI is InChI=1S/C18H21N3O4/c1-12(16(23)20-9-5-2-6-10-20)19-15(22)11-21-17(24)13-7-3-4-8-14(13)18(21)25/h3-4,7-8,12H,2,5-6,9-11H2,1H3,(H,19,22)/t12-/m1/s1. The third kappa shape index (κ3) is 3.40. The van der Waals surface area contributed by atoms with E-state index in [-0.39, 0.29) is 12.5 Å². The van der Waals surface area contributed by atoms with Crippen LogP contribution in [0.15, 0.2) is 24.3 Å². The Balaban J connectivity index is 1.59. The molecule has 7 nitrogen and oxygen atoms in total. The number of hydrogen-bond acceptors (Lipinski definition) is 4. The fourth-order valence-electron chi connectivity index (χ4n) is 3.26. The van der Waals surface area contributed by atoms with Crippen LogP contribution in [-0.2, 0) is 9.59 Å². The van der Waals surface area contributed by atoms with Crippen molar-refractivity contribution in [3.63, 3.8) is 0 Å². The summed E-state index contributed by atoms with van der Waals surface area (Å²) in [6.45, 7) is 2.65. The molecule has 0 aromatic heterocycles. The van der Waals surface area contributed by atoms with Crippen molar-refractivity contribution in [1.29, 1.82) is 0 Å². The molecular weight excluding hydrogens is 322 g/mol. The largest absolute Gasteiger partial charge is 0.343 e. The summed E-state index contributed by atoms with van der Waals surface area (Å²) in [5, 5.41) is 2.60. The second-order valence-electron chi connectivity index (χ2n) is 6.42. The van der Waals surface area contributed by atoms with Crippen LogP contribution < -0.4 is 5.32 Å². The van der Waals surface area contributed by atoms with E-state index in [0.29, 0.717) is 24.2 Å². The number of piperidine rings is 1. The fraction of sp³-hybridized carbons (Fsp3) is 0.444. The predicted molar refractivity (Wildman–Crippen MR) is 89.8 cm³/mol. The zero-order valence-corrected chi connectivity index (χ0v) is 14.2. The lowest BCUT2D eigenvalue weighted by atomic mass is 10.1. The van der Waals surface area contributed by atoms with Crippen LogP contribution >= 0.6 is 0 Å². The lowest BCUT2D eigenvalue weighted by molar-refractivity contribution is -0.136. The summed E-state index contributed by atoms with van der Waals surface area (Å²) in [4.78, 5) is 51.7. The summed E-state index contributed by atoms with van der Waals surface area (Å²) in [5.41, 5.74) is 0.607. The van der Waals surface area contributed by atoms with E-state index in [4.69, 9.17) is 0 Å². The highest BCUT2D eigenvalue weighted by atomic mass is 16.2. The Labute approximate surface area is 146 Å². The molecule has 2 heterocycles. The van der Waals surface area contributed by atoms with E-state index in [0.717, 1.165) is 24.2 Å². The molecule has 4 amide bonds. The van der Waals surface area contributed by atoms with E-state index >= 15 is 0 Å². The van der Waals surface area contributed by atoms with Gasteiger partial charge in [-0.1, -0.05) is 12.1 Å². The van der Waals surface area contributed by atoms with Crippen molar-refractivity contribution < 1.29 is 19.2 Å². The summed E-state index contributed by atoms with van der Waals surface area (Å²) in [5.74, 6) is -1.61. The van der Waals surface area contributed by atoms with Gasteiger partial charge in [0.25, 0.3) is 11.8 Å². The van der Waals surface area contributed by atoms with Crippen molar-refractivity contribution in [2.45, 2.75) is 32.2 Å². The molecule has 0 saturated carbocycles. The number of nitrogens with zero attached hydrogens (tertiary/aromatic N) is 2. The zero-order valence-electron chi connectivity index (χ0n) is 14.2. The smallest absolute Gasteiger partial charge is 0.262 e. The van der Waals surface area contributed by atoms with Crippen molar-refractivity contribution in [2.75, 3.05) is 19.6 Å². The van der Waals surface area contributed by atoms with Gasteiger partial charge < -0.3 is 10.2 Å². The molecule has 0 radical (unpaired) electrons. The van der Waals surface area contributed by atoms with Gasteiger partial charge in [-0.05, 0) is 38.3 Å². The monoisotopic (exact) mass is 343 g/mol. The molecule has 1 atom stereocenters. The molecule has 1 N–H and O–H groups in total. The third-order valence-corrected chi connectivity index (χ3v) is 4.60. The quantitative estimate of drug-likeness (QED) is 0.819. The minimum absolute atomic E-state index is 0.129. The van der Waals surface area contributed by atoms with Crippen molar-refractivity contribution in [3.8, 4) is 0 Å². The normalized spacial score (nSPS) is 18.1. The lowest BCUT2D eigenvalue weighted by Gasteiger charge is -2.29. The van der Waals surface area contributed by atoms with Gasteiger partial charge in [-0.3, -0.25) is 24.1 Å². The minimum Gasteiger partial charge on any atom is -0.343 e. The molecule has 2 aliphatic rings. The van der Waals surface area contributed by atoms with E-state index in [1.54, 1.807) is 36.1 Å². The molecule has 7 heteroatoms. The second kappa shape index (κ2) is 7.04. The first-order valence-corrected chi connectivity index (χ1v) is 8.52. The van der Waals surface area contributed by atoms with Gasteiger partial charge in [0.15, 0.2) is 0 Å². The molecule has 1 aromatic carbocycles. The number of nitrogens with one attached hydrogen (secondary N) is 1. The number of benzene rings is 1. The summed E-state index contributed by atoms with van der Waals surface area (Å²) in [6, 6.07) is 5.80. The van der Waals surface area contributed by atoms with Crippen LogP contribution in [0.3, 0.4) is 0 Å². The molecule has 1 saturated heterocycles. The number of carbonyl (C=O) groups is 4. The molecule has 132 valence electrons. The van der Waals surface area contributed by atoms with Crippen molar-refractivity contribution >= 4 is 23.6 Å². The van der Waals surface area contributed by atoms with E-state index in [9.17, 15) is 19.2 Å². The van der Waals surface area contributed by atoms with Crippen LogP contribution in [0.5, 0.6) is 0 Å². The molecule has 1 fully saturated rings. The number of amides is 4. The molecule has 1 aromatic rings. The molecule has 0 aliphatic carbocycles. The first-order valence-electron chi connectivity index (χ1n) is 8.52. The van der Waals surface area contributed by atoms with E-state index < -0.39 is 23.8 Å². The van der Waals surface area contributed by atoms with E-state index in [1.807, 2.05) is 0 Å². The van der Waals surface area contributed by atoms with Crippen LogP contribution in [0, 0.1) is 0 Å². The minimum atomic E-state index is -0.680. The lowest BCUT2D eigenvalue weighted by Crippen LogP contribution is -2.51. The SMILES string of the molecule is C[C@@H](NC(=O)CN1C(=O)c2ccccc2C1=O)C(=O)N1CCCCC1. The first kappa shape index (κ1) is 17.1. The summed E-state index contributed by atoms with van der Waals surface area (Å²) >= 11 is 0. The summed E-state index contributed by atoms with van der Waals surface area (Å²) in [7, 11) is 0.